The Morgan fingerprint density at radius 1 is 1.15 bits per heavy atom. The van der Waals surface area contributed by atoms with E-state index in [-0.39, 0.29) is 12.1 Å². The number of halogens is 1. The summed E-state index contributed by atoms with van der Waals surface area (Å²) in [5.41, 5.74) is 0.272. The summed E-state index contributed by atoms with van der Waals surface area (Å²) in [6.07, 6.45) is 0. The zero-order valence-corrected chi connectivity index (χ0v) is 15.1. The van der Waals surface area contributed by atoms with Gasteiger partial charge in [-0.2, -0.15) is 0 Å². The highest BCUT2D eigenvalue weighted by molar-refractivity contribution is 7.89. The number of sulfonamides is 1. The SMILES string of the molecule is COc1ccc2ccccc2c1CNS(=O)(=O)c1cc(C(=O)O)ccc1F. The molecule has 0 radical (unpaired) electrons. The molecule has 0 amide bonds. The third-order valence-corrected chi connectivity index (χ3v) is 5.54. The van der Waals surface area contributed by atoms with Crippen molar-refractivity contribution >= 4 is 26.8 Å². The number of carbonyl (C=O) groups is 1. The molecule has 140 valence electrons. The first-order chi connectivity index (χ1) is 12.8. The van der Waals surface area contributed by atoms with Crippen LogP contribution in [0.1, 0.15) is 15.9 Å². The fraction of sp³-hybridized carbons (Fsp3) is 0.105. The van der Waals surface area contributed by atoms with E-state index < -0.39 is 26.7 Å². The molecular formula is C19H16FNO5S. The first kappa shape index (κ1) is 18.8. The molecule has 0 saturated carbocycles. The number of carboxylic acids is 1. The van der Waals surface area contributed by atoms with Crippen LogP contribution in [0.4, 0.5) is 4.39 Å². The number of methoxy groups -OCH3 is 1. The third-order valence-electron chi connectivity index (χ3n) is 4.12. The van der Waals surface area contributed by atoms with Gasteiger partial charge in [0.15, 0.2) is 0 Å². The minimum absolute atomic E-state index is 0.149. The van der Waals surface area contributed by atoms with Gasteiger partial charge in [0.2, 0.25) is 10.0 Å². The predicted molar refractivity (Wildman–Crippen MR) is 97.9 cm³/mol. The van der Waals surface area contributed by atoms with Gasteiger partial charge in [-0.1, -0.05) is 30.3 Å². The number of hydrogen-bond acceptors (Lipinski definition) is 4. The van der Waals surface area contributed by atoms with Gasteiger partial charge in [-0.3, -0.25) is 0 Å². The Bertz CT molecular complexity index is 1130. The summed E-state index contributed by atoms with van der Waals surface area (Å²) in [4.78, 5) is 10.3. The van der Waals surface area contributed by atoms with Crippen molar-refractivity contribution in [3.05, 3.63) is 71.5 Å². The molecule has 3 rings (SSSR count). The van der Waals surface area contributed by atoms with E-state index in [9.17, 15) is 17.6 Å². The van der Waals surface area contributed by atoms with Crippen LogP contribution in [-0.2, 0) is 16.6 Å². The Morgan fingerprint density at radius 2 is 1.89 bits per heavy atom. The van der Waals surface area contributed by atoms with Gasteiger partial charge >= 0.3 is 5.97 Å². The highest BCUT2D eigenvalue weighted by Gasteiger charge is 2.22. The molecule has 8 heteroatoms. The van der Waals surface area contributed by atoms with E-state index in [4.69, 9.17) is 9.84 Å². The van der Waals surface area contributed by atoms with Crippen LogP contribution >= 0.6 is 0 Å². The van der Waals surface area contributed by atoms with Crippen LogP contribution in [0, 0.1) is 5.82 Å². The number of aromatic carboxylic acids is 1. The minimum atomic E-state index is -4.28. The Balaban J connectivity index is 1.98. The van der Waals surface area contributed by atoms with Crippen molar-refractivity contribution in [2.45, 2.75) is 11.4 Å². The first-order valence-electron chi connectivity index (χ1n) is 7.90. The van der Waals surface area contributed by atoms with Gasteiger partial charge in [-0.25, -0.2) is 22.3 Å². The fourth-order valence-electron chi connectivity index (χ4n) is 2.78. The molecule has 2 N–H and O–H groups in total. The Labute approximate surface area is 155 Å². The number of carboxylic acid groups (broad SMARTS) is 1. The van der Waals surface area contributed by atoms with Crippen molar-refractivity contribution in [3.63, 3.8) is 0 Å². The van der Waals surface area contributed by atoms with Crippen LogP contribution in [-0.4, -0.2) is 26.6 Å². The van der Waals surface area contributed by atoms with E-state index in [0.717, 1.165) is 29.0 Å². The van der Waals surface area contributed by atoms with Crippen molar-refractivity contribution in [1.82, 2.24) is 4.72 Å². The van der Waals surface area contributed by atoms with Crippen molar-refractivity contribution < 1.29 is 27.4 Å². The molecule has 0 unspecified atom stereocenters. The van der Waals surface area contributed by atoms with Gasteiger partial charge < -0.3 is 9.84 Å². The molecule has 6 nitrogen and oxygen atoms in total. The standard InChI is InChI=1S/C19H16FNO5S/c1-26-17-9-7-12-4-2-3-5-14(12)15(17)11-21-27(24,25)18-10-13(19(22)23)6-8-16(18)20/h2-10,21H,11H2,1H3,(H,22,23). The maximum Gasteiger partial charge on any atom is 0.335 e. The Hall–Kier alpha value is -2.97. The van der Waals surface area contributed by atoms with Gasteiger partial charge in [0.05, 0.1) is 12.7 Å². The van der Waals surface area contributed by atoms with Crippen molar-refractivity contribution in [1.29, 1.82) is 0 Å². The number of hydrogen-bond donors (Lipinski definition) is 2. The Morgan fingerprint density at radius 3 is 2.59 bits per heavy atom. The van der Waals surface area contributed by atoms with Crippen LogP contribution < -0.4 is 9.46 Å². The molecule has 3 aromatic carbocycles. The molecule has 0 heterocycles. The second kappa shape index (κ2) is 7.34. The number of fused-ring (bicyclic) bond motifs is 1. The molecule has 3 aromatic rings. The molecule has 0 aromatic heterocycles. The fourth-order valence-corrected chi connectivity index (χ4v) is 3.87. The third kappa shape index (κ3) is 3.76. The monoisotopic (exact) mass is 389 g/mol. The first-order valence-corrected chi connectivity index (χ1v) is 9.39. The molecular weight excluding hydrogens is 373 g/mol. The molecule has 27 heavy (non-hydrogen) atoms. The van der Waals surface area contributed by atoms with E-state index in [1.165, 1.54) is 7.11 Å². The summed E-state index contributed by atoms with van der Waals surface area (Å²) >= 11 is 0. The van der Waals surface area contributed by atoms with E-state index in [0.29, 0.717) is 11.3 Å². The largest absolute Gasteiger partial charge is 0.496 e. The van der Waals surface area contributed by atoms with E-state index in [2.05, 4.69) is 4.72 Å². The van der Waals surface area contributed by atoms with Crippen molar-refractivity contribution in [3.8, 4) is 5.75 Å². The summed E-state index contributed by atoms with van der Waals surface area (Å²) in [6, 6.07) is 13.6. The molecule has 0 aliphatic carbocycles. The van der Waals surface area contributed by atoms with Gasteiger partial charge in [-0.15, -0.1) is 0 Å². The molecule has 0 saturated heterocycles. The lowest BCUT2D eigenvalue weighted by Gasteiger charge is -2.14. The van der Waals surface area contributed by atoms with E-state index in [1.807, 2.05) is 30.3 Å². The molecule has 0 bridgehead atoms. The average molecular weight is 389 g/mol. The van der Waals surface area contributed by atoms with Crippen LogP contribution in [0.3, 0.4) is 0 Å². The van der Waals surface area contributed by atoms with Crippen LogP contribution in [0.25, 0.3) is 10.8 Å². The lowest BCUT2D eigenvalue weighted by atomic mass is 10.0. The molecule has 0 aliphatic heterocycles. The van der Waals surface area contributed by atoms with Gasteiger partial charge in [0, 0.05) is 12.1 Å². The van der Waals surface area contributed by atoms with Crippen molar-refractivity contribution in [2.75, 3.05) is 7.11 Å². The van der Waals surface area contributed by atoms with Crippen molar-refractivity contribution in [2.24, 2.45) is 0 Å². The molecule has 0 atom stereocenters. The van der Waals surface area contributed by atoms with Gasteiger partial charge in [0.25, 0.3) is 0 Å². The summed E-state index contributed by atoms with van der Waals surface area (Å²) in [5.74, 6) is -1.89. The molecule has 0 spiro atoms. The Kier molecular flexibility index (Phi) is 5.11. The van der Waals surface area contributed by atoms with Gasteiger partial charge in [-0.05, 0) is 35.0 Å². The number of rotatable bonds is 6. The molecule has 0 fully saturated rings. The number of ether oxygens (including phenoxy) is 1. The zero-order chi connectivity index (χ0) is 19.6. The summed E-state index contributed by atoms with van der Waals surface area (Å²) in [6.45, 7) is -0.149. The summed E-state index contributed by atoms with van der Waals surface area (Å²) in [7, 11) is -2.81. The lowest BCUT2D eigenvalue weighted by molar-refractivity contribution is 0.0696. The van der Waals surface area contributed by atoms with Crippen LogP contribution in [0.15, 0.2) is 59.5 Å². The normalized spacial score (nSPS) is 11.5. The molecule has 0 aliphatic rings. The number of benzene rings is 3. The summed E-state index contributed by atoms with van der Waals surface area (Å²) in [5, 5.41) is 10.7. The smallest absolute Gasteiger partial charge is 0.335 e. The predicted octanol–water partition coefficient (Wildman–Crippen LogP) is 3.16. The highest BCUT2D eigenvalue weighted by Crippen LogP contribution is 2.28. The van der Waals surface area contributed by atoms with Crippen LogP contribution in [0.2, 0.25) is 0 Å². The maximum atomic E-state index is 14.0. The zero-order valence-electron chi connectivity index (χ0n) is 14.3. The lowest BCUT2D eigenvalue weighted by Crippen LogP contribution is -2.25. The van der Waals surface area contributed by atoms with E-state index >= 15 is 0 Å². The van der Waals surface area contributed by atoms with E-state index in [1.54, 1.807) is 6.07 Å². The second-order valence-corrected chi connectivity index (χ2v) is 7.48. The summed E-state index contributed by atoms with van der Waals surface area (Å²) < 4.78 is 46.8. The quantitative estimate of drug-likeness (QED) is 0.676. The van der Waals surface area contributed by atoms with Gasteiger partial charge in [0.1, 0.15) is 16.5 Å². The minimum Gasteiger partial charge on any atom is -0.496 e. The average Bonchev–Trinajstić information content (AvgIpc) is 2.65. The number of nitrogens with one attached hydrogen (secondary N) is 1. The highest BCUT2D eigenvalue weighted by atomic mass is 32.2. The second-order valence-electron chi connectivity index (χ2n) is 5.74. The maximum absolute atomic E-state index is 14.0. The van der Waals surface area contributed by atoms with Crippen LogP contribution in [0.5, 0.6) is 5.75 Å². The topological polar surface area (TPSA) is 92.7 Å².